The fourth-order valence-corrected chi connectivity index (χ4v) is 3.50. The standard InChI is InChI=1S/C22H22FN5O3/c23-18-5-2-1-4-17(18)20(29)14-27-13-19(25-26-27)22(31)24-12-15-7-9-16(10-8-15)28-11-3-6-21(28)30/h1-2,4-5,7-10,13,20,29H,3,6,11-12,14H2,(H,24,31). The van der Waals surface area contributed by atoms with Crippen molar-refractivity contribution >= 4 is 17.5 Å². The molecule has 0 bridgehead atoms. The lowest BCUT2D eigenvalue weighted by Gasteiger charge is -2.16. The molecule has 1 aliphatic rings. The first-order chi connectivity index (χ1) is 15.0. The van der Waals surface area contributed by atoms with E-state index < -0.39 is 17.8 Å². The highest BCUT2D eigenvalue weighted by Crippen LogP contribution is 2.21. The summed E-state index contributed by atoms with van der Waals surface area (Å²) in [5.74, 6) is -0.789. The molecule has 3 aromatic rings. The number of hydrogen-bond donors (Lipinski definition) is 2. The van der Waals surface area contributed by atoms with Crippen molar-refractivity contribution in [3.05, 3.63) is 77.4 Å². The average molecular weight is 423 g/mol. The molecule has 2 aromatic carbocycles. The maximum absolute atomic E-state index is 13.8. The van der Waals surface area contributed by atoms with E-state index >= 15 is 0 Å². The minimum atomic E-state index is -1.11. The molecule has 0 saturated carbocycles. The minimum absolute atomic E-state index is 0.0299. The Morgan fingerprint density at radius 1 is 1.19 bits per heavy atom. The number of rotatable bonds is 7. The van der Waals surface area contributed by atoms with Gasteiger partial charge in [-0.1, -0.05) is 35.5 Å². The van der Waals surface area contributed by atoms with E-state index in [1.807, 2.05) is 24.3 Å². The number of nitrogens with zero attached hydrogens (tertiary/aromatic N) is 4. The molecule has 9 heteroatoms. The molecular formula is C22H22FN5O3. The molecule has 1 saturated heterocycles. The highest BCUT2D eigenvalue weighted by molar-refractivity contribution is 5.95. The van der Waals surface area contributed by atoms with Crippen LogP contribution in [0.3, 0.4) is 0 Å². The van der Waals surface area contributed by atoms with Gasteiger partial charge in [-0.2, -0.15) is 0 Å². The first kappa shape index (κ1) is 20.7. The molecule has 1 unspecified atom stereocenters. The molecule has 160 valence electrons. The lowest BCUT2D eigenvalue weighted by atomic mass is 10.1. The molecular weight excluding hydrogens is 401 g/mol. The van der Waals surface area contributed by atoms with Gasteiger partial charge in [0.1, 0.15) is 11.9 Å². The summed E-state index contributed by atoms with van der Waals surface area (Å²) in [5, 5.41) is 20.6. The average Bonchev–Trinajstić information content (AvgIpc) is 3.42. The van der Waals surface area contributed by atoms with Crippen LogP contribution < -0.4 is 10.2 Å². The second-order valence-electron chi connectivity index (χ2n) is 7.36. The van der Waals surface area contributed by atoms with Gasteiger partial charge in [0.2, 0.25) is 5.91 Å². The van der Waals surface area contributed by atoms with Crippen LogP contribution in [0, 0.1) is 5.82 Å². The van der Waals surface area contributed by atoms with Crippen LogP contribution in [0.15, 0.2) is 54.7 Å². The zero-order chi connectivity index (χ0) is 21.8. The van der Waals surface area contributed by atoms with Crippen LogP contribution in [0.2, 0.25) is 0 Å². The largest absolute Gasteiger partial charge is 0.386 e. The van der Waals surface area contributed by atoms with Gasteiger partial charge in [0.25, 0.3) is 5.91 Å². The van der Waals surface area contributed by atoms with E-state index in [4.69, 9.17) is 0 Å². The number of carbonyl (C=O) groups excluding carboxylic acids is 2. The Kier molecular flexibility index (Phi) is 6.03. The number of carbonyl (C=O) groups is 2. The van der Waals surface area contributed by atoms with Gasteiger partial charge in [-0.25, -0.2) is 9.07 Å². The number of benzene rings is 2. The molecule has 1 aromatic heterocycles. The highest BCUT2D eigenvalue weighted by Gasteiger charge is 2.21. The smallest absolute Gasteiger partial charge is 0.273 e. The number of amides is 2. The maximum atomic E-state index is 13.8. The molecule has 8 nitrogen and oxygen atoms in total. The van der Waals surface area contributed by atoms with Crippen LogP contribution in [0.5, 0.6) is 0 Å². The molecule has 1 aliphatic heterocycles. The molecule has 1 fully saturated rings. The van der Waals surface area contributed by atoms with E-state index in [1.54, 1.807) is 17.0 Å². The summed E-state index contributed by atoms with van der Waals surface area (Å²) in [6, 6.07) is 13.4. The second-order valence-corrected chi connectivity index (χ2v) is 7.36. The number of nitrogens with one attached hydrogen (secondary N) is 1. The number of aliphatic hydroxyl groups excluding tert-OH is 1. The lowest BCUT2D eigenvalue weighted by Crippen LogP contribution is -2.24. The number of aliphatic hydroxyl groups is 1. The molecule has 0 aliphatic carbocycles. The third-order valence-corrected chi connectivity index (χ3v) is 5.17. The van der Waals surface area contributed by atoms with Gasteiger partial charge in [0, 0.05) is 30.8 Å². The zero-order valence-corrected chi connectivity index (χ0v) is 16.7. The summed E-state index contributed by atoms with van der Waals surface area (Å²) in [4.78, 5) is 25.9. The molecule has 2 N–H and O–H groups in total. The Morgan fingerprint density at radius 3 is 2.68 bits per heavy atom. The van der Waals surface area contributed by atoms with E-state index in [9.17, 15) is 19.1 Å². The van der Waals surface area contributed by atoms with Crippen molar-refractivity contribution in [1.82, 2.24) is 20.3 Å². The van der Waals surface area contributed by atoms with E-state index in [0.717, 1.165) is 24.2 Å². The molecule has 2 heterocycles. The predicted molar refractivity (Wildman–Crippen MR) is 111 cm³/mol. The fourth-order valence-electron chi connectivity index (χ4n) is 3.50. The summed E-state index contributed by atoms with van der Waals surface area (Å²) < 4.78 is 15.1. The van der Waals surface area contributed by atoms with Crippen LogP contribution >= 0.6 is 0 Å². The van der Waals surface area contributed by atoms with Crippen molar-refractivity contribution in [3.8, 4) is 0 Å². The van der Waals surface area contributed by atoms with Crippen molar-refractivity contribution in [2.75, 3.05) is 11.4 Å². The van der Waals surface area contributed by atoms with Crippen LogP contribution in [0.4, 0.5) is 10.1 Å². The van der Waals surface area contributed by atoms with Crippen LogP contribution in [-0.2, 0) is 17.9 Å². The predicted octanol–water partition coefficient (Wildman–Crippen LogP) is 2.21. The van der Waals surface area contributed by atoms with Crippen molar-refractivity contribution in [2.24, 2.45) is 0 Å². The first-order valence-corrected chi connectivity index (χ1v) is 10.0. The Morgan fingerprint density at radius 2 is 1.97 bits per heavy atom. The Labute approximate surface area is 178 Å². The maximum Gasteiger partial charge on any atom is 0.273 e. The Hall–Kier alpha value is -3.59. The highest BCUT2D eigenvalue weighted by atomic mass is 19.1. The van der Waals surface area contributed by atoms with Gasteiger partial charge in [-0.05, 0) is 30.2 Å². The molecule has 0 radical (unpaired) electrons. The summed E-state index contributed by atoms with van der Waals surface area (Å²) in [5.41, 5.74) is 1.99. The number of hydrogen-bond acceptors (Lipinski definition) is 5. The third kappa shape index (κ3) is 4.77. The number of aromatic nitrogens is 3. The van der Waals surface area contributed by atoms with E-state index in [0.29, 0.717) is 6.42 Å². The third-order valence-electron chi connectivity index (χ3n) is 5.17. The van der Waals surface area contributed by atoms with Gasteiger partial charge in [0.15, 0.2) is 5.69 Å². The molecule has 4 rings (SSSR count). The summed E-state index contributed by atoms with van der Waals surface area (Å²) in [7, 11) is 0. The molecule has 1 atom stereocenters. The van der Waals surface area contributed by atoms with Gasteiger partial charge in [-0.15, -0.1) is 5.10 Å². The van der Waals surface area contributed by atoms with Gasteiger partial charge >= 0.3 is 0 Å². The quantitative estimate of drug-likeness (QED) is 0.607. The summed E-state index contributed by atoms with van der Waals surface area (Å²) in [6.07, 6.45) is 1.74. The van der Waals surface area contributed by atoms with E-state index in [2.05, 4.69) is 15.6 Å². The van der Waals surface area contributed by atoms with Crippen LogP contribution in [-0.4, -0.2) is 38.5 Å². The SMILES string of the molecule is O=C(NCc1ccc(N2CCCC2=O)cc1)c1cn(CC(O)c2ccccc2F)nn1. The summed E-state index contributed by atoms with van der Waals surface area (Å²) >= 11 is 0. The Bertz CT molecular complexity index is 1080. The first-order valence-electron chi connectivity index (χ1n) is 10.0. The minimum Gasteiger partial charge on any atom is -0.386 e. The zero-order valence-electron chi connectivity index (χ0n) is 16.7. The second kappa shape index (κ2) is 9.05. The monoisotopic (exact) mass is 423 g/mol. The topological polar surface area (TPSA) is 100 Å². The summed E-state index contributed by atoms with van der Waals surface area (Å²) in [6.45, 7) is 0.992. The molecule has 31 heavy (non-hydrogen) atoms. The fraction of sp³-hybridized carbons (Fsp3) is 0.273. The molecule has 2 amide bonds. The van der Waals surface area contributed by atoms with Gasteiger partial charge < -0.3 is 15.3 Å². The van der Waals surface area contributed by atoms with Crippen molar-refractivity contribution < 1.29 is 19.1 Å². The van der Waals surface area contributed by atoms with Crippen molar-refractivity contribution in [2.45, 2.75) is 32.0 Å². The van der Waals surface area contributed by atoms with Gasteiger partial charge in [-0.3, -0.25) is 9.59 Å². The molecule has 0 spiro atoms. The van der Waals surface area contributed by atoms with E-state index in [-0.39, 0.29) is 30.3 Å². The Balaban J connectivity index is 1.32. The van der Waals surface area contributed by atoms with Crippen LogP contribution in [0.1, 0.15) is 40.6 Å². The number of anilines is 1. The van der Waals surface area contributed by atoms with Crippen LogP contribution in [0.25, 0.3) is 0 Å². The van der Waals surface area contributed by atoms with Crippen molar-refractivity contribution in [3.63, 3.8) is 0 Å². The lowest BCUT2D eigenvalue weighted by molar-refractivity contribution is -0.117. The van der Waals surface area contributed by atoms with E-state index in [1.165, 1.54) is 23.0 Å². The van der Waals surface area contributed by atoms with Gasteiger partial charge in [0.05, 0.1) is 12.7 Å². The normalized spacial score (nSPS) is 14.6. The van der Waals surface area contributed by atoms with Crippen molar-refractivity contribution in [1.29, 1.82) is 0 Å². The number of halogens is 1.